The zero-order chi connectivity index (χ0) is 22.0. The Bertz CT molecular complexity index is 695. The fourth-order valence-corrected chi connectivity index (χ4v) is 2.38. The molecule has 0 heterocycles. The standard InChI is InChI=1S/C18H25F3N4O4/c1-4-22-15(26)11-25(5-2)17(28)12-24(3)10-16(27)23-13-6-8-14(9-7-13)29-18(19,20)21/h6-9H,4-5,10-12H2,1-3H3,(H,22,26)(H,23,27). The second-order valence-corrected chi connectivity index (χ2v) is 6.15. The van der Waals surface area contributed by atoms with Crippen molar-refractivity contribution < 1.29 is 32.3 Å². The molecule has 0 unspecified atom stereocenters. The summed E-state index contributed by atoms with van der Waals surface area (Å²) in [6, 6.07) is 4.71. The van der Waals surface area contributed by atoms with Crippen LogP contribution in [0.4, 0.5) is 18.9 Å². The van der Waals surface area contributed by atoms with Gasteiger partial charge in [0.15, 0.2) is 0 Å². The summed E-state index contributed by atoms with van der Waals surface area (Å²) in [6.45, 7) is 4.09. The number of likely N-dealkylation sites (N-methyl/N-ethyl adjacent to an activating group) is 3. The van der Waals surface area contributed by atoms with Crippen LogP contribution in [0.25, 0.3) is 0 Å². The molecule has 0 fully saturated rings. The van der Waals surface area contributed by atoms with E-state index in [0.29, 0.717) is 13.1 Å². The van der Waals surface area contributed by atoms with Gasteiger partial charge in [-0.15, -0.1) is 13.2 Å². The first-order valence-corrected chi connectivity index (χ1v) is 8.92. The normalized spacial score (nSPS) is 11.1. The molecule has 0 atom stereocenters. The number of rotatable bonds is 10. The second-order valence-electron chi connectivity index (χ2n) is 6.15. The topological polar surface area (TPSA) is 91.0 Å². The highest BCUT2D eigenvalue weighted by atomic mass is 19.4. The van der Waals surface area contributed by atoms with Crippen LogP contribution in [0, 0.1) is 0 Å². The summed E-state index contributed by atoms with van der Waals surface area (Å²) in [5.41, 5.74) is 0.288. The van der Waals surface area contributed by atoms with Crippen molar-refractivity contribution in [2.45, 2.75) is 20.2 Å². The van der Waals surface area contributed by atoms with Gasteiger partial charge in [-0.25, -0.2) is 0 Å². The molecule has 2 N–H and O–H groups in total. The van der Waals surface area contributed by atoms with E-state index >= 15 is 0 Å². The van der Waals surface area contributed by atoms with Gasteiger partial charge in [-0.3, -0.25) is 19.3 Å². The van der Waals surface area contributed by atoms with Crippen molar-refractivity contribution in [1.29, 1.82) is 0 Å². The number of amides is 3. The monoisotopic (exact) mass is 418 g/mol. The molecule has 0 saturated carbocycles. The number of hydrogen-bond donors (Lipinski definition) is 2. The Balaban J connectivity index is 2.50. The maximum Gasteiger partial charge on any atom is 0.573 e. The first-order chi connectivity index (χ1) is 13.5. The number of halogens is 3. The van der Waals surface area contributed by atoms with Crippen molar-refractivity contribution in [1.82, 2.24) is 15.1 Å². The van der Waals surface area contributed by atoms with Gasteiger partial charge in [0, 0.05) is 18.8 Å². The van der Waals surface area contributed by atoms with Crippen molar-refractivity contribution in [2.24, 2.45) is 0 Å². The average molecular weight is 418 g/mol. The largest absolute Gasteiger partial charge is 0.573 e. The van der Waals surface area contributed by atoms with Gasteiger partial charge >= 0.3 is 6.36 Å². The molecule has 0 saturated heterocycles. The highest BCUT2D eigenvalue weighted by Crippen LogP contribution is 2.23. The number of ether oxygens (including phenoxy) is 1. The molecule has 0 bridgehead atoms. The molecule has 0 aliphatic carbocycles. The molecule has 0 aliphatic rings. The van der Waals surface area contributed by atoms with E-state index in [4.69, 9.17) is 0 Å². The lowest BCUT2D eigenvalue weighted by molar-refractivity contribution is -0.274. The van der Waals surface area contributed by atoms with E-state index in [1.165, 1.54) is 21.9 Å². The number of benzene rings is 1. The van der Waals surface area contributed by atoms with Crippen molar-refractivity contribution >= 4 is 23.4 Å². The number of nitrogens with one attached hydrogen (secondary N) is 2. The SMILES string of the molecule is CCNC(=O)CN(CC)C(=O)CN(C)CC(=O)Nc1ccc(OC(F)(F)F)cc1. The summed E-state index contributed by atoms with van der Waals surface area (Å²) >= 11 is 0. The summed E-state index contributed by atoms with van der Waals surface area (Å²) < 4.78 is 40.2. The van der Waals surface area contributed by atoms with Crippen LogP contribution in [0.1, 0.15) is 13.8 Å². The number of hydrogen-bond acceptors (Lipinski definition) is 5. The van der Waals surface area contributed by atoms with E-state index in [1.54, 1.807) is 20.9 Å². The Morgan fingerprint density at radius 2 is 1.62 bits per heavy atom. The third-order valence-electron chi connectivity index (χ3n) is 3.63. The molecule has 1 aromatic rings. The van der Waals surface area contributed by atoms with Crippen molar-refractivity contribution in [2.75, 3.05) is 45.1 Å². The van der Waals surface area contributed by atoms with E-state index in [0.717, 1.165) is 12.1 Å². The van der Waals surface area contributed by atoms with E-state index in [9.17, 15) is 27.6 Å². The first-order valence-electron chi connectivity index (χ1n) is 8.92. The van der Waals surface area contributed by atoms with Crippen LogP contribution in [-0.4, -0.2) is 73.7 Å². The minimum atomic E-state index is -4.79. The van der Waals surface area contributed by atoms with Gasteiger partial charge in [-0.1, -0.05) is 0 Å². The van der Waals surface area contributed by atoms with Gasteiger partial charge in [0.1, 0.15) is 5.75 Å². The Morgan fingerprint density at radius 1 is 1.00 bits per heavy atom. The molecule has 11 heteroatoms. The zero-order valence-electron chi connectivity index (χ0n) is 16.5. The van der Waals surface area contributed by atoms with E-state index < -0.39 is 18.0 Å². The average Bonchev–Trinajstić information content (AvgIpc) is 2.60. The van der Waals surface area contributed by atoms with Crippen molar-refractivity contribution in [3.05, 3.63) is 24.3 Å². The fourth-order valence-electron chi connectivity index (χ4n) is 2.38. The van der Waals surface area contributed by atoms with Gasteiger partial charge < -0.3 is 20.3 Å². The summed E-state index contributed by atoms with van der Waals surface area (Å²) in [6.07, 6.45) is -4.79. The van der Waals surface area contributed by atoms with Crippen molar-refractivity contribution in [3.63, 3.8) is 0 Å². The highest BCUT2D eigenvalue weighted by Gasteiger charge is 2.31. The Labute approximate surface area is 167 Å². The Hall–Kier alpha value is -2.82. The smallest absolute Gasteiger partial charge is 0.406 e. The van der Waals surface area contributed by atoms with Crippen molar-refractivity contribution in [3.8, 4) is 5.75 Å². The van der Waals surface area contributed by atoms with E-state index in [-0.39, 0.29) is 37.1 Å². The van der Waals surface area contributed by atoms with E-state index in [1.807, 2.05) is 0 Å². The van der Waals surface area contributed by atoms with Gasteiger partial charge in [-0.05, 0) is 45.2 Å². The maximum atomic E-state index is 12.3. The molecule has 3 amide bonds. The number of carbonyl (C=O) groups excluding carboxylic acids is 3. The summed E-state index contributed by atoms with van der Waals surface area (Å²) in [7, 11) is 1.57. The fraction of sp³-hybridized carbons (Fsp3) is 0.500. The van der Waals surface area contributed by atoms with Crippen LogP contribution in [0.5, 0.6) is 5.75 Å². The minimum Gasteiger partial charge on any atom is -0.406 e. The first kappa shape index (κ1) is 24.2. The maximum absolute atomic E-state index is 12.3. The lowest BCUT2D eigenvalue weighted by atomic mass is 10.3. The lowest BCUT2D eigenvalue weighted by Gasteiger charge is -2.23. The Morgan fingerprint density at radius 3 is 2.14 bits per heavy atom. The van der Waals surface area contributed by atoms with E-state index in [2.05, 4.69) is 15.4 Å². The minimum absolute atomic E-state index is 0.0600. The quantitative estimate of drug-likeness (QED) is 0.600. The van der Waals surface area contributed by atoms with Crippen LogP contribution < -0.4 is 15.4 Å². The molecule has 0 aliphatic heterocycles. The molecular weight excluding hydrogens is 393 g/mol. The third-order valence-corrected chi connectivity index (χ3v) is 3.63. The van der Waals surface area contributed by atoms with Gasteiger partial charge in [0.05, 0.1) is 19.6 Å². The molecule has 1 aromatic carbocycles. The molecular formula is C18H25F3N4O4. The zero-order valence-corrected chi connectivity index (χ0v) is 16.5. The summed E-state index contributed by atoms with van der Waals surface area (Å²) in [4.78, 5) is 38.8. The molecule has 29 heavy (non-hydrogen) atoms. The second kappa shape index (κ2) is 11.2. The molecule has 8 nitrogen and oxygen atoms in total. The van der Waals surface area contributed by atoms with Crippen LogP contribution in [0.2, 0.25) is 0 Å². The van der Waals surface area contributed by atoms with Crippen LogP contribution in [0.3, 0.4) is 0 Å². The van der Waals surface area contributed by atoms with Gasteiger partial charge in [0.25, 0.3) is 0 Å². The molecule has 162 valence electrons. The van der Waals surface area contributed by atoms with Crippen LogP contribution in [-0.2, 0) is 14.4 Å². The predicted octanol–water partition coefficient (Wildman–Crippen LogP) is 1.44. The predicted molar refractivity (Wildman–Crippen MR) is 100 cm³/mol. The molecule has 0 radical (unpaired) electrons. The molecule has 0 aromatic heterocycles. The summed E-state index contributed by atoms with van der Waals surface area (Å²) in [5, 5.41) is 5.13. The number of alkyl halides is 3. The third kappa shape index (κ3) is 9.79. The number of nitrogens with zero attached hydrogens (tertiary/aromatic N) is 2. The van der Waals surface area contributed by atoms with Crippen LogP contribution >= 0.6 is 0 Å². The number of anilines is 1. The van der Waals surface area contributed by atoms with Gasteiger partial charge in [-0.2, -0.15) is 0 Å². The number of carbonyl (C=O) groups is 3. The lowest BCUT2D eigenvalue weighted by Crippen LogP contribution is -2.45. The van der Waals surface area contributed by atoms with Crippen LogP contribution in [0.15, 0.2) is 24.3 Å². The van der Waals surface area contributed by atoms with Gasteiger partial charge in [0.2, 0.25) is 17.7 Å². The highest BCUT2D eigenvalue weighted by molar-refractivity contribution is 5.92. The molecule has 1 rings (SSSR count). The molecule has 0 spiro atoms. The summed E-state index contributed by atoms with van der Waals surface area (Å²) in [5.74, 6) is -1.41. The Kier molecular flexibility index (Phi) is 9.39.